The van der Waals surface area contributed by atoms with Crippen LogP contribution in [0.25, 0.3) is 64.3 Å². The SMILES string of the molecule is CC1(C)c2ccccc2-c2c(N(c3ccc(-c4ccc(-c5ccc6ccccc6c5)cc4)cc3)c3cccc4c3sc3ccccc34)cccc21. The van der Waals surface area contributed by atoms with Gasteiger partial charge in [0.15, 0.2) is 0 Å². The van der Waals surface area contributed by atoms with Crippen LogP contribution in [-0.4, -0.2) is 0 Å². The summed E-state index contributed by atoms with van der Waals surface area (Å²) in [6.45, 7) is 4.72. The summed E-state index contributed by atoms with van der Waals surface area (Å²) in [5, 5.41) is 5.15. The Morgan fingerprint density at radius 2 is 1.04 bits per heavy atom. The zero-order valence-electron chi connectivity index (χ0n) is 28.6. The Labute approximate surface area is 302 Å². The van der Waals surface area contributed by atoms with E-state index in [1.54, 1.807) is 0 Å². The summed E-state index contributed by atoms with van der Waals surface area (Å²) >= 11 is 1.88. The molecule has 0 bridgehead atoms. The number of thiophene rings is 1. The van der Waals surface area contributed by atoms with Crippen LogP contribution in [0.1, 0.15) is 25.0 Å². The van der Waals surface area contributed by atoms with Crippen molar-refractivity contribution in [2.75, 3.05) is 4.90 Å². The zero-order valence-corrected chi connectivity index (χ0v) is 29.4. The van der Waals surface area contributed by atoms with E-state index in [1.807, 2.05) is 11.3 Å². The molecule has 0 atom stereocenters. The molecule has 1 nitrogen and oxygen atoms in total. The van der Waals surface area contributed by atoms with E-state index in [4.69, 9.17) is 0 Å². The molecule has 0 aliphatic heterocycles. The van der Waals surface area contributed by atoms with Crippen molar-refractivity contribution in [1.82, 2.24) is 0 Å². The molecular weight excluding hydrogens is 635 g/mol. The van der Waals surface area contributed by atoms with E-state index >= 15 is 0 Å². The minimum Gasteiger partial charge on any atom is -0.308 e. The molecule has 0 unspecified atom stereocenters. The number of hydrogen-bond donors (Lipinski definition) is 0. The van der Waals surface area contributed by atoms with Gasteiger partial charge in [0.25, 0.3) is 0 Å². The van der Waals surface area contributed by atoms with Crippen LogP contribution < -0.4 is 4.90 Å². The maximum absolute atomic E-state index is 2.50. The molecule has 10 rings (SSSR count). The number of fused-ring (bicyclic) bond motifs is 7. The van der Waals surface area contributed by atoms with Gasteiger partial charge in [0, 0.05) is 32.1 Å². The first-order valence-electron chi connectivity index (χ1n) is 17.7. The lowest BCUT2D eigenvalue weighted by Gasteiger charge is -2.29. The molecule has 51 heavy (non-hydrogen) atoms. The third-order valence-corrected chi connectivity index (χ3v) is 12.1. The van der Waals surface area contributed by atoms with Crippen molar-refractivity contribution in [3.8, 4) is 33.4 Å². The Morgan fingerprint density at radius 1 is 0.451 bits per heavy atom. The lowest BCUT2D eigenvalue weighted by Crippen LogP contribution is -2.16. The van der Waals surface area contributed by atoms with Gasteiger partial charge in [0.1, 0.15) is 0 Å². The van der Waals surface area contributed by atoms with Crippen molar-refractivity contribution in [1.29, 1.82) is 0 Å². The van der Waals surface area contributed by atoms with Gasteiger partial charge in [0.05, 0.1) is 16.1 Å². The van der Waals surface area contributed by atoms with Crippen molar-refractivity contribution in [3.05, 3.63) is 187 Å². The summed E-state index contributed by atoms with van der Waals surface area (Å²) in [5.41, 5.74) is 13.8. The average Bonchev–Trinajstić information content (AvgIpc) is 3.68. The van der Waals surface area contributed by atoms with Gasteiger partial charge >= 0.3 is 0 Å². The molecule has 1 aliphatic rings. The van der Waals surface area contributed by atoms with Crippen LogP contribution in [0.5, 0.6) is 0 Å². The molecule has 0 radical (unpaired) electrons. The van der Waals surface area contributed by atoms with Gasteiger partial charge in [-0.25, -0.2) is 0 Å². The largest absolute Gasteiger partial charge is 0.308 e. The van der Waals surface area contributed by atoms with Crippen LogP contribution in [-0.2, 0) is 5.41 Å². The summed E-state index contributed by atoms with van der Waals surface area (Å²) in [6, 6.07) is 64.8. The summed E-state index contributed by atoms with van der Waals surface area (Å²) in [4.78, 5) is 2.50. The molecule has 0 saturated heterocycles. The summed E-state index contributed by atoms with van der Waals surface area (Å²) in [7, 11) is 0. The van der Waals surface area contributed by atoms with Gasteiger partial charge in [-0.1, -0.05) is 153 Å². The van der Waals surface area contributed by atoms with E-state index in [1.165, 1.54) is 86.8 Å². The van der Waals surface area contributed by atoms with Gasteiger partial charge in [-0.2, -0.15) is 0 Å². The van der Waals surface area contributed by atoms with Gasteiger partial charge in [-0.15, -0.1) is 11.3 Å². The standard InChI is InChI=1S/C49H35NS/c1-49(2)42-16-7-5-14-41(42)47-43(49)17-10-18-44(47)50(45-19-9-15-40-39-13-6-8-20-46(39)51-48(40)45)38-29-27-34(28-30-38)33-21-23-35(24-22-33)37-26-25-32-11-3-4-12-36(32)31-37/h3-31H,1-2H3. The van der Waals surface area contributed by atoms with Crippen molar-refractivity contribution in [3.63, 3.8) is 0 Å². The molecule has 0 fully saturated rings. The number of hydrogen-bond acceptors (Lipinski definition) is 2. The van der Waals surface area contributed by atoms with Gasteiger partial charge < -0.3 is 4.90 Å². The Kier molecular flexibility index (Phi) is 6.78. The van der Waals surface area contributed by atoms with Crippen molar-refractivity contribution in [2.45, 2.75) is 19.3 Å². The van der Waals surface area contributed by atoms with Crippen molar-refractivity contribution >= 4 is 59.3 Å². The average molecular weight is 670 g/mol. The van der Waals surface area contributed by atoms with Gasteiger partial charge in [-0.05, 0) is 86.1 Å². The van der Waals surface area contributed by atoms with E-state index in [9.17, 15) is 0 Å². The second-order valence-corrected chi connectivity index (χ2v) is 15.2. The van der Waals surface area contributed by atoms with Crippen LogP contribution in [0.4, 0.5) is 17.1 Å². The van der Waals surface area contributed by atoms with E-state index < -0.39 is 0 Å². The lowest BCUT2D eigenvalue weighted by atomic mass is 9.82. The van der Waals surface area contributed by atoms with Crippen LogP contribution >= 0.6 is 11.3 Å². The number of anilines is 3. The van der Waals surface area contributed by atoms with Gasteiger partial charge in [-0.3, -0.25) is 0 Å². The number of rotatable bonds is 5. The molecule has 9 aromatic rings. The Balaban J connectivity index is 1.10. The second kappa shape index (κ2) is 11.6. The van der Waals surface area contributed by atoms with E-state index in [2.05, 4.69) is 195 Å². The molecule has 1 aliphatic carbocycles. The number of nitrogens with zero attached hydrogens (tertiary/aromatic N) is 1. The fraction of sp³-hybridized carbons (Fsp3) is 0.0612. The van der Waals surface area contributed by atoms with Crippen LogP contribution in [0.2, 0.25) is 0 Å². The highest BCUT2D eigenvalue weighted by molar-refractivity contribution is 7.26. The molecule has 0 amide bonds. The topological polar surface area (TPSA) is 3.24 Å². The fourth-order valence-electron chi connectivity index (χ4n) is 8.26. The molecule has 8 aromatic carbocycles. The Bertz CT molecular complexity index is 2770. The second-order valence-electron chi connectivity index (χ2n) is 14.1. The Morgan fingerprint density at radius 3 is 1.86 bits per heavy atom. The lowest BCUT2D eigenvalue weighted by molar-refractivity contribution is 0.660. The predicted molar refractivity (Wildman–Crippen MR) is 220 cm³/mol. The highest BCUT2D eigenvalue weighted by atomic mass is 32.1. The van der Waals surface area contributed by atoms with E-state index in [-0.39, 0.29) is 5.41 Å². The highest BCUT2D eigenvalue weighted by Gasteiger charge is 2.37. The van der Waals surface area contributed by atoms with Crippen molar-refractivity contribution in [2.24, 2.45) is 0 Å². The Hall–Kier alpha value is -5.96. The first-order chi connectivity index (χ1) is 25.0. The van der Waals surface area contributed by atoms with Crippen LogP contribution in [0.3, 0.4) is 0 Å². The summed E-state index contributed by atoms with van der Waals surface area (Å²) < 4.78 is 2.61. The molecule has 1 heterocycles. The maximum Gasteiger partial charge on any atom is 0.0640 e. The molecular formula is C49H35NS. The van der Waals surface area contributed by atoms with Gasteiger partial charge in [0.2, 0.25) is 0 Å². The minimum absolute atomic E-state index is 0.0832. The van der Waals surface area contributed by atoms with E-state index in [0.717, 1.165) is 5.69 Å². The molecule has 1 aromatic heterocycles. The normalized spacial score (nSPS) is 13.1. The molecule has 0 saturated carbocycles. The molecule has 242 valence electrons. The molecule has 0 spiro atoms. The fourth-order valence-corrected chi connectivity index (χ4v) is 9.47. The highest BCUT2D eigenvalue weighted by Crippen LogP contribution is 2.55. The predicted octanol–water partition coefficient (Wildman–Crippen LogP) is 14.3. The zero-order chi connectivity index (χ0) is 34.1. The number of benzene rings is 8. The smallest absolute Gasteiger partial charge is 0.0640 e. The third-order valence-electron chi connectivity index (χ3n) is 10.9. The molecule has 0 N–H and O–H groups in total. The molecule has 2 heteroatoms. The van der Waals surface area contributed by atoms with Crippen LogP contribution in [0.15, 0.2) is 176 Å². The first kappa shape index (κ1) is 29.9. The third kappa shape index (κ3) is 4.75. The summed E-state index contributed by atoms with van der Waals surface area (Å²) in [5.74, 6) is 0. The first-order valence-corrected chi connectivity index (χ1v) is 18.5. The maximum atomic E-state index is 2.50. The van der Waals surface area contributed by atoms with E-state index in [0.29, 0.717) is 0 Å². The van der Waals surface area contributed by atoms with Crippen molar-refractivity contribution < 1.29 is 0 Å². The quantitative estimate of drug-likeness (QED) is 0.176. The minimum atomic E-state index is -0.0832. The monoisotopic (exact) mass is 669 g/mol. The van der Waals surface area contributed by atoms with Crippen LogP contribution in [0, 0.1) is 0 Å². The summed E-state index contributed by atoms with van der Waals surface area (Å²) in [6.07, 6.45) is 0.